The number of aliphatic hydroxyl groups excluding tert-OH is 5. The predicted octanol–water partition coefficient (Wildman–Crippen LogP) is 5.72. The molecule has 0 amide bonds. The third-order valence-electron chi connectivity index (χ3n) is 22.8. The molecule has 0 saturated carbocycles. The second-order valence-corrected chi connectivity index (χ2v) is 30.9. The maximum atomic E-state index is 15.2. The smallest absolute Gasteiger partial charge is 0.338 e. The van der Waals surface area contributed by atoms with Gasteiger partial charge < -0.3 is 201 Å². The molecule has 43 nitrogen and oxygen atoms in total. The molecule has 0 spiro atoms. The van der Waals surface area contributed by atoms with E-state index in [4.69, 9.17) is 42.6 Å². The second-order valence-electron chi connectivity index (χ2n) is 30.9. The topological polar surface area (TPSA) is 761 Å². The quantitative estimate of drug-likeness (QED) is 0.0312. The molecular formula is C87H72O43. The van der Waals surface area contributed by atoms with Gasteiger partial charge in [-0.2, -0.15) is 0 Å². The van der Waals surface area contributed by atoms with Crippen molar-refractivity contribution in [1.82, 2.24) is 0 Å². The Morgan fingerprint density at radius 3 is 1.09 bits per heavy atom. The molecule has 0 radical (unpaired) electrons. The van der Waals surface area contributed by atoms with E-state index < -0.39 is 379 Å². The van der Waals surface area contributed by atoms with E-state index in [1.54, 1.807) is 0 Å². The molecule has 0 aliphatic carbocycles. The average molecular weight is 1810 g/mol. The van der Waals surface area contributed by atoms with Crippen molar-refractivity contribution in [3.05, 3.63) is 205 Å². The van der Waals surface area contributed by atoms with E-state index in [0.29, 0.717) is 72.8 Å². The number of aromatic hydroxyl groups is 26. The highest BCUT2D eigenvalue weighted by Gasteiger charge is 2.56. The number of benzene rings is 11. The van der Waals surface area contributed by atoms with Crippen LogP contribution >= 0.6 is 0 Å². The SMILES string of the molecule is O=C(OC[C@H]1O[C@@H](Oc2cc(O)c3c(c2)O[C@H](c2cc(O)c(O)c(O)c2)[C@H](OC(=O)c2cc(O)c(O)c(O)c2)[C@H]3c2c(O)cc(O)c3c2O[C@H](c2ccc(O)c(O)c2)[C@H](O)[C@H]3c2c(O)cc(O)c3c2O[C@H](c2ccc(O)c(O)c2)[C@H](O)[C@H]3c2c(O)cc(O)c3c2O[C@H](c2cc(O)c(O)c(O)c2)[C@H](OC(=O)c2cc(O)c(O)c(O)c2)C3)[C@H](O)[C@@H](O)[C@@H]1O)c1cc(O)c(O)c(O)c1. The summed E-state index contributed by atoms with van der Waals surface area (Å²) in [6.07, 6.45) is -29.5. The standard InChI is InChI=1S/C87H72O43/c88-33-3-1-24(5-36(33)91)77-72(115)63(58-39(94)20-35(90)32-19-55(125-85(120)29-13-50(105)69(112)51(106)14-29)76(127-80(32)58)26-7-44(99)66(109)45(100)8-26)59-40(95)21-41(96)60(81(59)128-77)64-61-42(97)22-43(98)62(82(61)129-78(73(64)116)25-2-4-34(89)37(92)6-25)65-57-38(93)17-31(123-87-75(118)74(117)71(114)56(126-87)23-122-84(119)28-11-48(103)68(111)49(104)12-28)18-54(57)124-79(27-9-46(101)67(110)47(102)10-27)83(65)130-86(121)30-15-52(107)70(113)53(108)16-30/h1-18,20-22,55-56,63-65,71-79,83,87-118H,19,23H2/t55-,56-,63+,64+,65-,71-,72-,73-,74+,75-,76-,77-,78-,79-,83-,87-/m1/s1. The Kier molecular flexibility index (Phi) is 21.7. The number of fused-ring (bicyclic) bond motifs is 4. The van der Waals surface area contributed by atoms with Gasteiger partial charge in [0, 0.05) is 86.8 Å². The van der Waals surface area contributed by atoms with Crippen molar-refractivity contribution in [3.8, 4) is 178 Å². The number of carbonyl (C=O) groups is 3. The van der Waals surface area contributed by atoms with Crippen LogP contribution in [0.3, 0.4) is 0 Å². The van der Waals surface area contributed by atoms with E-state index in [-0.39, 0.29) is 5.56 Å². The summed E-state index contributed by atoms with van der Waals surface area (Å²) in [5.74, 6) is -43.5. The minimum atomic E-state index is -2.52. The normalized spacial score (nSPS) is 23.0. The van der Waals surface area contributed by atoms with Crippen molar-refractivity contribution in [3.63, 3.8) is 0 Å². The number of phenolic OH excluding ortho intramolecular Hbond substituents is 26. The van der Waals surface area contributed by atoms with E-state index in [1.165, 1.54) is 0 Å². The van der Waals surface area contributed by atoms with Crippen molar-refractivity contribution in [1.29, 1.82) is 0 Å². The molecule has 16 rings (SSSR count). The highest BCUT2D eigenvalue weighted by atomic mass is 16.7. The Balaban J connectivity index is 0.917. The lowest BCUT2D eigenvalue weighted by atomic mass is 9.72. The molecule has 16 atom stereocenters. The van der Waals surface area contributed by atoms with Gasteiger partial charge in [-0.15, -0.1) is 0 Å². The van der Waals surface area contributed by atoms with E-state index in [1.807, 2.05) is 0 Å². The van der Waals surface area contributed by atoms with Crippen LogP contribution in [0.15, 0.2) is 127 Å². The van der Waals surface area contributed by atoms with Crippen molar-refractivity contribution >= 4 is 17.9 Å². The molecule has 5 aliphatic rings. The molecule has 11 aromatic carbocycles. The number of ether oxygens (including phenoxy) is 9. The third kappa shape index (κ3) is 14.8. The molecule has 43 heteroatoms. The number of rotatable bonds is 16. The lowest BCUT2D eigenvalue weighted by Crippen LogP contribution is -2.60. The van der Waals surface area contributed by atoms with Gasteiger partial charge in [-0.3, -0.25) is 0 Å². The minimum Gasteiger partial charge on any atom is -0.507 e. The summed E-state index contributed by atoms with van der Waals surface area (Å²) < 4.78 is 56.0. The van der Waals surface area contributed by atoms with E-state index in [9.17, 15) is 168 Å². The zero-order valence-corrected chi connectivity index (χ0v) is 65.5. The Labute approximate surface area is 724 Å². The van der Waals surface area contributed by atoms with Gasteiger partial charge in [0.2, 0.25) is 6.29 Å². The molecule has 0 aromatic heterocycles. The monoisotopic (exact) mass is 1800 g/mol. The summed E-state index contributed by atoms with van der Waals surface area (Å²) in [5.41, 5.74) is -9.31. The maximum Gasteiger partial charge on any atom is 0.338 e. The molecular weight excluding hydrogens is 1730 g/mol. The largest absolute Gasteiger partial charge is 0.507 e. The minimum absolute atomic E-state index is 0.360. The van der Waals surface area contributed by atoms with Gasteiger partial charge in [-0.25, -0.2) is 14.4 Å². The van der Waals surface area contributed by atoms with E-state index in [2.05, 4.69) is 0 Å². The van der Waals surface area contributed by atoms with Crippen LogP contribution in [0.25, 0.3) is 0 Å². The zero-order valence-electron chi connectivity index (χ0n) is 65.5. The van der Waals surface area contributed by atoms with Crippen LogP contribution < -0.4 is 23.7 Å². The van der Waals surface area contributed by atoms with Crippen LogP contribution in [0.5, 0.6) is 178 Å². The van der Waals surface area contributed by atoms with Gasteiger partial charge in [-0.05, 0) is 96.1 Å². The lowest BCUT2D eigenvalue weighted by Gasteiger charge is -2.45. The van der Waals surface area contributed by atoms with Crippen molar-refractivity contribution in [2.24, 2.45) is 0 Å². The maximum absolute atomic E-state index is 15.2. The number of hydrogen-bond acceptors (Lipinski definition) is 43. The molecule has 1 saturated heterocycles. The highest BCUT2D eigenvalue weighted by molar-refractivity contribution is 5.93. The van der Waals surface area contributed by atoms with E-state index >= 15 is 4.79 Å². The molecule has 0 unspecified atom stereocenters. The number of carbonyl (C=O) groups excluding carboxylic acids is 3. The molecule has 11 aromatic rings. The van der Waals surface area contributed by atoms with Gasteiger partial charge >= 0.3 is 17.9 Å². The molecule has 678 valence electrons. The first kappa shape index (κ1) is 86.9. The third-order valence-corrected chi connectivity index (χ3v) is 22.8. The first-order chi connectivity index (χ1) is 61.5. The number of phenols is 26. The molecule has 130 heavy (non-hydrogen) atoms. The summed E-state index contributed by atoms with van der Waals surface area (Å²) >= 11 is 0. The molecule has 5 aliphatic heterocycles. The van der Waals surface area contributed by atoms with Crippen LogP contribution in [0.4, 0.5) is 0 Å². The first-order valence-corrected chi connectivity index (χ1v) is 38.4. The Bertz CT molecular complexity index is 6390. The highest BCUT2D eigenvalue weighted by Crippen LogP contribution is 2.66. The van der Waals surface area contributed by atoms with E-state index in [0.717, 1.165) is 54.6 Å². The van der Waals surface area contributed by atoms with Crippen LogP contribution in [0.1, 0.15) is 134 Å². The summed E-state index contributed by atoms with van der Waals surface area (Å²) in [4.78, 5) is 42.5. The molecule has 31 N–H and O–H groups in total. The summed E-state index contributed by atoms with van der Waals surface area (Å²) in [6.45, 7) is -1.03. The van der Waals surface area contributed by atoms with Crippen LogP contribution in [-0.4, -0.2) is 238 Å². The van der Waals surface area contributed by atoms with Crippen molar-refractivity contribution in [2.45, 2.75) is 104 Å². The average Bonchev–Trinajstić information content (AvgIpc) is 0.701. The van der Waals surface area contributed by atoms with Crippen LogP contribution in [-0.2, 0) is 25.4 Å². The van der Waals surface area contributed by atoms with Gasteiger partial charge in [0.25, 0.3) is 0 Å². The Hall–Kier alpha value is -16.6. The lowest BCUT2D eigenvalue weighted by molar-refractivity contribution is -0.277. The zero-order chi connectivity index (χ0) is 93.6. The van der Waals surface area contributed by atoms with Gasteiger partial charge in [0.1, 0.15) is 118 Å². The Morgan fingerprint density at radius 1 is 0.300 bits per heavy atom. The fourth-order valence-corrected chi connectivity index (χ4v) is 16.7. The summed E-state index contributed by atoms with van der Waals surface area (Å²) in [5, 5.41) is 354. The fraction of sp³-hybridized carbons (Fsp3) is 0.207. The molecule has 5 heterocycles. The first-order valence-electron chi connectivity index (χ1n) is 38.4. The van der Waals surface area contributed by atoms with Crippen molar-refractivity contribution in [2.75, 3.05) is 6.61 Å². The second kappa shape index (κ2) is 32.4. The van der Waals surface area contributed by atoms with Gasteiger partial charge in [-0.1, -0.05) is 12.1 Å². The summed E-state index contributed by atoms with van der Waals surface area (Å²) in [7, 11) is 0. The van der Waals surface area contributed by atoms with Gasteiger partial charge in [0.05, 0.1) is 34.4 Å². The molecule has 1 fully saturated rings. The number of hydrogen-bond donors (Lipinski definition) is 31. The van der Waals surface area contributed by atoms with Crippen LogP contribution in [0.2, 0.25) is 0 Å². The molecule has 0 bridgehead atoms. The predicted molar refractivity (Wildman–Crippen MR) is 425 cm³/mol. The number of esters is 3. The van der Waals surface area contributed by atoms with Gasteiger partial charge in [0.15, 0.2) is 140 Å². The fourth-order valence-electron chi connectivity index (χ4n) is 16.7. The number of aliphatic hydroxyl groups is 5. The van der Waals surface area contributed by atoms with Crippen molar-refractivity contribution < 1.29 is 215 Å². The van der Waals surface area contributed by atoms with Crippen LogP contribution in [0, 0.1) is 0 Å². The Morgan fingerprint density at radius 2 is 0.662 bits per heavy atom. The summed E-state index contributed by atoms with van der Waals surface area (Å²) in [6, 6.07) is 15.6.